The first-order valence-electron chi connectivity index (χ1n) is 6.88. The Morgan fingerprint density at radius 1 is 1.53 bits per heavy atom. The van der Waals surface area contributed by atoms with E-state index in [0.717, 1.165) is 31.7 Å². The van der Waals surface area contributed by atoms with Crippen LogP contribution >= 0.6 is 0 Å². The topological polar surface area (TPSA) is 41.9 Å². The zero-order valence-electron chi connectivity index (χ0n) is 11.9. The van der Waals surface area contributed by atoms with Gasteiger partial charge in [-0.05, 0) is 19.4 Å². The molecule has 2 unspecified atom stereocenters. The second kappa shape index (κ2) is 6.26. The molecule has 19 heavy (non-hydrogen) atoms. The van der Waals surface area contributed by atoms with E-state index in [1.807, 2.05) is 12.1 Å². The standard InChI is InChI=1S/C15H23NO3/c1-4-12-10-16(7-8-19-12)11(2)14-6-5-13(18-3)9-15(14)17/h5-6,9,11-12,17H,4,7-8,10H2,1-3H3. The maximum absolute atomic E-state index is 10.1. The molecule has 1 heterocycles. The summed E-state index contributed by atoms with van der Waals surface area (Å²) < 4.78 is 10.8. The van der Waals surface area contributed by atoms with Crippen molar-refractivity contribution in [1.82, 2.24) is 4.90 Å². The number of phenolic OH excluding ortho intramolecular Hbond substituents is 1. The van der Waals surface area contributed by atoms with Crippen molar-refractivity contribution >= 4 is 0 Å². The van der Waals surface area contributed by atoms with E-state index in [2.05, 4.69) is 18.7 Å². The third-order valence-corrected chi connectivity index (χ3v) is 3.86. The van der Waals surface area contributed by atoms with Crippen molar-refractivity contribution < 1.29 is 14.6 Å². The van der Waals surface area contributed by atoms with Crippen LogP contribution in [-0.4, -0.2) is 42.9 Å². The van der Waals surface area contributed by atoms with Gasteiger partial charge in [0.25, 0.3) is 0 Å². The molecule has 1 saturated heterocycles. The molecule has 0 amide bonds. The predicted molar refractivity (Wildman–Crippen MR) is 74.7 cm³/mol. The summed E-state index contributed by atoms with van der Waals surface area (Å²) in [4.78, 5) is 2.36. The zero-order valence-corrected chi connectivity index (χ0v) is 11.9. The van der Waals surface area contributed by atoms with Gasteiger partial charge in [0.05, 0.1) is 19.8 Å². The Hall–Kier alpha value is -1.26. The van der Waals surface area contributed by atoms with Crippen LogP contribution in [-0.2, 0) is 4.74 Å². The van der Waals surface area contributed by atoms with Gasteiger partial charge in [0.1, 0.15) is 11.5 Å². The zero-order chi connectivity index (χ0) is 13.8. The van der Waals surface area contributed by atoms with Crippen LogP contribution in [0.2, 0.25) is 0 Å². The van der Waals surface area contributed by atoms with Crippen LogP contribution < -0.4 is 4.74 Å². The van der Waals surface area contributed by atoms with Crippen molar-refractivity contribution in [3.63, 3.8) is 0 Å². The van der Waals surface area contributed by atoms with Crippen molar-refractivity contribution in [2.45, 2.75) is 32.4 Å². The quantitative estimate of drug-likeness (QED) is 0.908. The van der Waals surface area contributed by atoms with Crippen LogP contribution in [0.5, 0.6) is 11.5 Å². The minimum absolute atomic E-state index is 0.184. The Bertz CT molecular complexity index is 422. The smallest absolute Gasteiger partial charge is 0.124 e. The molecule has 1 aromatic carbocycles. The lowest BCUT2D eigenvalue weighted by Crippen LogP contribution is -2.43. The second-order valence-electron chi connectivity index (χ2n) is 5.00. The highest BCUT2D eigenvalue weighted by molar-refractivity contribution is 5.41. The highest BCUT2D eigenvalue weighted by Gasteiger charge is 2.25. The molecule has 0 bridgehead atoms. The van der Waals surface area contributed by atoms with Crippen molar-refractivity contribution in [2.75, 3.05) is 26.8 Å². The highest BCUT2D eigenvalue weighted by Crippen LogP contribution is 2.32. The van der Waals surface area contributed by atoms with E-state index in [-0.39, 0.29) is 6.04 Å². The summed E-state index contributed by atoms with van der Waals surface area (Å²) in [6.45, 7) is 6.86. The van der Waals surface area contributed by atoms with Crippen LogP contribution in [0.25, 0.3) is 0 Å². The molecule has 0 aromatic heterocycles. The maximum Gasteiger partial charge on any atom is 0.124 e. The molecule has 2 atom stereocenters. The SMILES string of the molecule is CCC1CN(C(C)c2ccc(OC)cc2O)CCO1. The van der Waals surface area contributed by atoms with Gasteiger partial charge in [0.2, 0.25) is 0 Å². The average molecular weight is 265 g/mol. The second-order valence-corrected chi connectivity index (χ2v) is 5.00. The minimum Gasteiger partial charge on any atom is -0.507 e. The summed E-state index contributed by atoms with van der Waals surface area (Å²) in [5, 5.41) is 10.1. The van der Waals surface area contributed by atoms with Gasteiger partial charge in [-0.15, -0.1) is 0 Å². The Labute approximate surface area is 114 Å². The van der Waals surface area contributed by atoms with Crippen LogP contribution in [0.1, 0.15) is 31.9 Å². The Kier molecular flexibility index (Phi) is 4.66. The van der Waals surface area contributed by atoms with Crippen molar-refractivity contribution in [1.29, 1.82) is 0 Å². The molecular formula is C15H23NO3. The lowest BCUT2D eigenvalue weighted by molar-refractivity contribution is -0.0427. The third-order valence-electron chi connectivity index (χ3n) is 3.86. The lowest BCUT2D eigenvalue weighted by atomic mass is 10.0. The van der Waals surface area contributed by atoms with Crippen LogP contribution in [0.15, 0.2) is 18.2 Å². The molecule has 0 spiro atoms. The van der Waals surface area contributed by atoms with Gasteiger partial charge < -0.3 is 14.6 Å². The monoisotopic (exact) mass is 265 g/mol. The van der Waals surface area contributed by atoms with Crippen LogP contribution in [0.4, 0.5) is 0 Å². The van der Waals surface area contributed by atoms with E-state index in [9.17, 15) is 5.11 Å². The van der Waals surface area contributed by atoms with Gasteiger partial charge >= 0.3 is 0 Å². The van der Waals surface area contributed by atoms with E-state index < -0.39 is 0 Å². The Morgan fingerprint density at radius 2 is 2.32 bits per heavy atom. The van der Waals surface area contributed by atoms with Gasteiger partial charge in [-0.2, -0.15) is 0 Å². The summed E-state index contributed by atoms with van der Waals surface area (Å²) >= 11 is 0. The Balaban J connectivity index is 2.12. The van der Waals surface area contributed by atoms with Crippen molar-refractivity contribution in [2.24, 2.45) is 0 Å². The fraction of sp³-hybridized carbons (Fsp3) is 0.600. The van der Waals surface area contributed by atoms with E-state index in [1.165, 1.54) is 0 Å². The van der Waals surface area contributed by atoms with Crippen molar-refractivity contribution in [3.05, 3.63) is 23.8 Å². The van der Waals surface area contributed by atoms with Crippen LogP contribution in [0.3, 0.4) is 0 Å². The number of ether oxygens (including phenoxy) is 2. The summed E-state index contributed by atoms with van der Waals surface area (Å²) in [7, 11) is 1.60. The van der Waals surface area contributed by atoms with Gasteiger partial charge in [0, 0.05) is 30.8 Å². The first-order valence-corrected chi connectivity index (χ1v) is 6.88. The highest BCUT2D eigenvalue weighted by atomic mass is 16.5. The number of nitrogens with zero attached hydrogens (tertiary/aromatic N) is 1. The summed E-state index contributed by atoms with van der Waals surface area (Å²) in [5.74, 6) is 0.980. The number of methoxy groups -OCH3 is 1. The molecule has 2 rings (SSSR count). The number of hydrogen-bond acceptors (Lipinski definition) is 4. The molecule has 0 saturated carbocycles. The summed E-state index contributed by atoms with van der Waals surface area (Å²) in [6, 6.07) is 5.69. The average Bonchev–Trinajstić information content (AvgIpc) is 2.46. The van der Waals surface area contributed by atoms with Gasteiger partial charge in [-0.1, -0.05) is 13.0 Å². The molecule has 0 aliphatic carbocycles. The summed E-state index contributed by atoms with van der Waals surface area (Å²) in [6.07, 6.45) is 1.33. The lowest BCUT2D eigenvalue weighted by Gasteiger charge is -2.37. The molecule has 1 aromatic rings. The molecule has 106 valence electrons. The molecule has 1 N–H and O–H groups in total. The molecule has 1 aliphatic heterocycles. The maximum atomic E-state index is 10.1. The van der Waals surface area contributed by atoms with E-state index in [4.69, 9.17) is 9.47 Å². The number of rotatable bonds is 4. The summed E-state index contributed by atoms with van der Waals surface area (Å²) in [5.41, 5.74) is 0.942. The number of morpholine rings is 1. The third kappa shape index (κ3) is 3.19. The normalized spacial score (nSPS) is 22.2. The predicted octanol–water partition coefficient (Wildman–Crippen LogP) is 2.57. The molecule has 4 heteroatoms. The van der Waals surface area contributed by atoms with Gasteiger partial charge in [-0.3, -0.25) is 4.90 Å². The van der Waals surface area contributed by atoms with Gasteiger partial charge in [0.15, 0.2) is 0 Å². The largest absolute Gasteiger partial charge is 0.507 e. The van der Waals surface area contributed by atoms with Crippen LogP contribution in [0, 0.1) is 0 Å². The fourth-order valence-corrected chi connectivity index (χ4v) is 2.54. The Morgan fingerprint density at radius 3 is 2.95 bits per heavy atom. The number of benzene rings is 1. The first kappa shape index (κ1) is 14.2. The molecule has 4 nitrogen and oxygen atoms in total. The molecular weight excluding hydrogens is 242 g/mol. The molecule has 1 aliphatic rings. The van der Waals surface area contributed by atoms with E-state index >= 15 is 0 Å². The van der Waals surface area contributed by atoms with Crippen molar-refractivity contribution in [3.8, 4) is 11.5 Å². The molecule has 1 fully saturated rings. The number of hydrogen-bond donors (Lipinski definition) is 1. The minimum atomic E-state index is 0.184. The van der Waals surface area contributed by atoms with Gasteiger partial charge in [-0.25, -0.2) is 0 Å². The number of phenols is 1. The fourth-order valence-electron chi connectivity index (χ4n) is 2.54. The molecule has 0 radical (unpaired) electrons. The first-order chi connectivity index (χ1) is 9.15. The van der Waals surface area contributed by atoms with E-state index in [0.29, 0.717) is 17.6 Å². The van der Waals surface area contributed by atoms with E-state index in [1.54, 1.807) is 13.2 Å². The number of aromatic hydroxyl groups is 1.